The number of hydrogen-bond donors (Lipinski definition) is 0. The number of carbonyl (C=O) groups is 1. The largest absolute Gasteiger partial charge is 0.275 e. The number of nitrogens with zero attached hydrogens (tertiary/aromatic N) is 2. The summed E-state index contributed by atoms with van der Waals surface area (Å²) in [4.78, 5) is 18.9. The monoisotopic (exact) mass is 254 g/mol. The summed E-state index contributed by atoms with van der Waals surface area (Å²) in [6.07, 6.45) is 2.84. The van der Waals surface area contributed by atoms with Crippen molar-refractivity contribution < 1.29 is 4.79 Å². The first-order valence-electron chi connectivity index (χ1n) is 4.34. The molecule has 0 bridgehead atoms. The van der Waals surface area contributed by atoms with Crippen LogP contribution < -0.4 is 0 Å². The van der Waals surface area contributed by atoms with Gasteiger partial charge in [-0.2, -0.15) is 0 Å². The van der Waals surface area contributed by atoms with Gasteiger partial charge in [0.1, 0.15) is 0 Å². The van der Waals surface area contributed by atoms with E-state index in [9.17, 15) is 4.79 Å². The number of aromatic nitrogens is 2. The number of halogens is 2. The SMILES string of the molecule is Cl.O=C(Cl)c1cnc(-c2ccccc2)nc1. The van der Waals surface area contributed by atoms with Crippen LogP contribution in [0, 0.1) is 0 Å². The van der Waals surface area contributed by atoms with Crippen LogP contribution in [0.5, 0.6) is 0 Å². The molecule has 16 heavy (non-hydrogen) atoms. The summed E-state index contributed by atoms with van der Waals surface area (Å²) in [5, 5.41) is -0.547. The van der Waals surface area contributed by atoms with E-state index in [-0.39, 0.29) is 12.4 Å². The molecule has 0 aliphatic carbocycles. The smallest absolute Gasteiger partial charge is 0.255 e. The van der Waals surface area contributed by atoms with Gasteiger partial charge in [-0.3, -0.25) is 4.79 Å². The number of benzene rings is 1. The lowest BCUT2D eigenvalue weighted by Crippen LogP contribution is -1.94. The van der Waals surface area contributed by atoms with Gasteiger partial charge in [0.2, 0.25) is 0 Å². The minimum absolute atomic E-state index is 0. The topological polar surface area (TPSA) is 42.9 Å². The maximum atomic E-state index is 10.8. The predicted octanol–water partition coefficient (Wildman–Crippen LogP) is 2.94. The summed E-state index contributed by atoms with van der Waals surface area (Å²) in [7, 11) is 0. The highest BCUT2D eigenvalue weighted by atomic mass is 35.5. The van der Waals surface area contributed by atoms with Gasteiger partial charge in [-0.1, -0.05) is 30.3 Å². The summed E-state index contributed by atoms with van der Waals surface area (Å²) in [6, 6.07) is 9.52. The van der Waals surface area contributed by atoms with E-state index in [4.69, 9.17) is 11.6 Å². The molecule has 1 aromatic carbocycles. The first kappa shape index (κ1) is 12.6. The average Bonchev–Trinajstić information content (AvgIpc) is 2.30. The van der Waals surface area contributed by atoms with Crippen molar-refractivity contribution in [3.8, 4) is 11.4 Å². The third kappa shape index (κ3) is 2.78. The van der Waals surface area contributed by atoms with E-state index < -0.39 is 5.24 Å². The number of hydrogen-bond acceptors (Lipinski definition) is 3. The van der Waals surface area contributed by atoms with Gasteiger partial charge < -0.3 is 0 Å². The molecule has 1 aromatic heterocycles. The molecule has 0 radical (unpaired) electrons. The Hall–Kier alpha value is -1.45. The summed E-state index contributed by atoms with van der Waals surface area (Å²) in [6.45, 7) is 0. The quantitative estimate of drug-likeness (QED) is 0.775. The predicted molar refractivity (Wildman–Crippen MR) is 64.9 cm³/mol. The molecule has 2 aromatic rings. The maximum absolute atomic E-state index is 10.8. The van der Waals surface area contributed by atoms with E-state index in [1.165, 1.54) is 12.4 Å². The summed E-state index contributed by atoms with van der Waals surface area (Å²) in [5.41, 5.74) is 1.21. The lowest BCUT2D eigenvalue weighted by molar-refractivity contribution is 0.108. The second kappa shape index (κ2) is 5.58. The Morgan fingerprint density at radius 3 is 2.12 bits per heavy atom. The Bertz CT molecular complexity index is 471. The molecule has 0 saturated heterocycles. The second-order valence-electron chi connectivity index (χ2n) is 2.94. The van der Waals surface area contributed by atoms with Crippen LogP contribution in [0.2, 0.25) is 0 Å². The molecule has 0 saturated carbocycles. The molecule has 0 fully saturated rings. The van der Waals surface area contributed by atoms with Crippen LogP contribution in [-0.2, 0) is 0 Å². The normalized spacial score (nSPS) is 9.31. The first-order valence-corrected chi connectivity index (χ1v) is 4.72. The van der Waals surface area contributed by atoms with E-state index >= 15 is 0 Å². The lowest BCUT2D eigenvalue weighted by atomic mass is 10.2. The van der Waals surface area contributed by atoms with Crippen molar-refractivity contribution in [2.45, 2.75) is 0 Å². The van der Waals surface area contributed by atoms with Gasteiger partial charge >= 0.3 is 0 Å². The zero-order valence-electron chi connectivity index (χ0n) is 8.13. The molecule has 2 rings (SSSR count). The van der Waals surface area contributed by atoms with E-state index in [0.717, 1.165) is 5.56 Å². The van der Waals surface area contributed by atoms with Crippen LogP contribution in [0.3, 0.4) is 0 Å². The molecular formula is C11H8Cl2N2O. The van der Waals surface area contributed by atoms with Gasteiger partial charge in [-0.15, -0.1) is 12.4 Å². The maximum Gasteiger partial charge on any atom is 0.255 e. The molecule has 0 atom stereocenters. The molecular weight excluding hydrogens is 247 g/mol. The Labute approximate surface area is 104 Å². The van der Waals surface area contributed by atoms with E-state index in [1.807, 2.05) is 30.3 Å². The first-order chi connectivity index (χ1) is 7.27. The van der Waals surface area contributed by atoms with Gasteiger partial charge in [0.05, 0.1) is 5.56 Å². The Kier molecular flexibility index (Phi) is 4.40. The molecule has 0 unspecified atom stereocenters. The molecule has 0 spiro atoms. The van der Waals surface area contributed by atoms with Crippen molar-refractivity contribution in [1.29, 1.82) is 0 Å². The standard InChI is InChI=1S/C11H7ClN2O.ClH/c12-10(15)9-6-13-11(14-7-9)8-4-2-1-3-5-8;/h1-7H;1H. The van der Waals surface area contributed by atoms with E-state index in [0.29, 0.717) is 11.4 Å². The highest BCUT2D eigenvalue weighted by molar-refractivity contribution is 6.67. The Balaban J connectivity index is 0.00000128. The van der Waals surface area contributed by atoms with E-state index in [2.05, 4.69) is 9.97 Å². The van der Waals surface area contributed by atoms with Crippen LogP contribution in [-0.4, -0.2) is 15.2 Å². The average molecular weight is 255 g/mol. The zero-order chi connectivity index (χ0) is 10.7. The van der Waals surface area contributed by atoms with Gasteiger partial charge in [0, 0.05) is 18.0 Å². The summed E-state index contributed by atoms with van der Waals surface area (Å²) >= 11 is 5.28. The molecule has 0 N–H and O–H groups in total. The van der Waals surface area contributed by atoms with Crippen molar-refractivity contribution >= 4 is 29.3 Å². The van der Waals surface area contributed by atoms with Gasteiger partial charge in [-0.25, -0.2) is 9.97 Å². The van der Waals surface area contributed by atoms with Gasteiger partial charge in [0.15, 0.2) is 5.82 Å². The third-order valence-electron chi connectivity index (χ3n) is 1.91. The highest BCUT2D eigenvalue weighted by Crippen LogP contribution is 2.13. The molecule has 82 valence electrons. The summed E-state index contributed by atoms with van der Waals surface area (Å²) in [5.74, 6) is 0.581. The molecule has 0 aliphatic rings. The zero-order valence-corrected chi connectivity index (χ0v) is 9.70. The number of carbonyl (C=O) groups excluding carboxylic acids is 1. The van der Waals surface area contributed by atoms with E-state index in [1.54, 1.807) is 0 Å². The fourth-order valence-electron chi connectivity index (χ4n) is 1.17. The van der Waals surface area contributed by atoms with Crippen molar-refractivity contribution in [2.24, 2.45) is 0 Å². The van der Waals surface area contributed by atoms with Gasteiger partial charge in [-0.05, 0) is 11.6 Å². The van der Waals surface area contributed by atoms with Crippen LogP contribution in [0.4, 0.5) is 0 Å². The Morgan fingerprint density at radius 1 is 1.06 bits per heavy atom. The lowest BCUT2D eigenvalue weighted by Gasteiger charge is -1.99. The number of rotatable bonds is 2. The molecule has 0 aliphatic heterocycles. The molecule has 3 nitrogen and oxygen atoms in total. The Morgan fingerprint density at radius 2 is 1.62 bits per heavy atom. The van der Waals surface area contributed by atoms with Crippen molar-refractivity contribution in [3.63, 3.8) is 0 Å². The minimum atomic E-state index is -0.547. The fraction of sp³-hybridized carbons (Fsp3) is 0. The minimum Gasteiger partial charge on any atom is -0.275 e. The summed E-state index contributed by atoms with van der Waals surface area (Å²) < 4.78 is 0. The molecule has 0 amide bonds. The van der Waals surface area contributed by atoms with Crippen LogP contribution in [0.15, 0.2) is 42.7 Å². The van der Waals surface area contributed by atoms with Crippen LogP contribution in [0.25, 0.3) is 11.4 Å². The molecule has 5 heteroatoms. The fourth-order valence-corrected chi connectivity index (χ4v) is 1.26. The van der Waals surface area contributed by atoms with Gasteiger partial charge in [0.25, 0.3) is 5.24 Å². The second-order valence-corrected chi connectivity index (χ2v) is 3.28. The van der Waals surface area contributed by atoms with Crippen LogP contribution in [0.1, 0.15) is 10.4 Å². The highest BCUT2D eigenvalue weighted by Gasteiger charge is 2.04. The van der Waals surface area contributed by atoms with Crippen molar-refractivity contribution in [2.75, 3.05) is 0 Å². The third-order valence-corrected chi connectivity index (χ3v) is 2.13. The van der Waals surface area contributed by atoms with Crippen molar-refractivity contribution in [3.05, 3.63) is 48.3 Å². The van der Waals surface area contributed by atoms with Crippen LogP contribution >= 0.6 is 24.0 Å². The molecule has 1 heterocycles. The van der Waals surface area contributed by atoms with Crippen molar-refractivity contribution in [1.82, 2.24) is 9.97 Å².